The van der Waals surface area contributed by atoms with E-state index in [2.05, 4.69) is 20.3 Å². The van der Waals surface area contributed by atoms with Crippen molar-refractivity contribution in [2.45, 2.75) is 6.92 Å². The van der Waals surface area contributed by atoms with Crippen LogP contribution in [-0.2, 0) is 0 Å². The third-order valence-electron chi connectivity index (χ3n) is 3.51. The number of aryl methyl sites for hydroxylation is 1. The average Bonchev–Trinajstić information content (AvgIpc) is 3.07. The number of hydrogen-bond acceptors (Lipinski definition) is 5. The lowest BCUT2D eigenvalue weighted by Gasteiger charge is -2.11. The van der Waals surface area contributed by atoms with Gasteiger partial charge in [-0.05, 0) is 30.7 Å². The van der Waals surface area contributed by atoms with Gasteiger partial charge in [0.05, 0.1) is 18.5 Å². The highest BCUT2D eigenvalue weighted by Gasteiger charge is 2.12. The molecule has 0 unspecified atom stereocenters. The number of methoxy groups -OCH3 is 1. The monoisotopic (exact) mass is 324 g/mol. The predicted octanol–water partition coefficient (Wildman–Crippen LogP) is 3.23. The number of nitrogens with one attached hydrogen (secondary N) is 2. The van der Waals surface area contributed by atoms with Gasteiger partial charge in [-0.1, -0.05) is 12.1 Å². The summed E-state index contributed by atoms with van der Waals surface area (Å²) in [5.74, 6) is 0.0662. The number of H-pyrrole nitrogens is 1. The first-order chi connectivity index (χ1) is 11.6. The molecule has 0 saturated heterocycles. The number of nitrogens with zero attached hydrogens (tertiary/aromatic N) is 2. The second-order valence-corrected chi connectivity index (χ2v) is 5.16. The van der Waals surface area contributed by atoms with E-state index >= 15 is 0 Å². The van der Waals surface area contributed by atoms with E-state index in [0.29, 0.717) is 23.0 Å². The maximum atomic E-state index is 11.0. The second-order valence-electron chi connectivity index (χ2n) is 5.16. The fraction of sp³-hybridized carbons (Fsp3) is 0.118. The van der Waals surface area contributed by atoms with Gasteiger partial charge in [-0.3, -0.25) is 0 Å². The zero-order chi connectivity index (χ0) is 17.1. The van der Waals surface area contributed by atoms with Crippen LogP contribution in [0.15, 0.2) is 42.7 Å². The molecule has 2 heterocycles. The molecule has 122 valence electrons. The Kier molecular flexibility index (Phi) is 4.15. The lowest BCUT2D eigenvalue weighted by atomic mass is 10.1. The highest BCUT2D eigenvalue weighted by molar-refractivity contribution is 5.87. The number of carboxylic acid groups (broad SMARTS) is 1. The second kappa shape index (κ2) is 6.41. The van der Waals surface area contributed by atoms with Crippen molar-refractivity contribution >= 4 is 17.6 Å². The Hall–Kier alpha value is -3.35. The van der Waals surface area contributed by atoms with Crippen LogP contribution in [-0.4, -0.2) is 33.1 Å². The Morgan fingerprint density at radius 2 is 2.12 bits per heavy atom. The number of ether oxygens (including phenoxy) is 1. The largest absolute Gasteiger partial charge is 0.495 e. The number of para-hydroxylation sites is 2. The Labute approximate surface area is 138 Å². The van der Waals surface area contributed by atoms with Crippen LogP contribution in [0.4, 0.5) is 11.6 Å². The van der Waals surface area contributed by atoms with Crippen LogP contribution in [0.5, 0.6) is 5.75 Å². The van der Waals surface area contributed by atoms with E-state index in [4.69, 9.17) is 9.84 Å². The Morgan fingerprint density at radius 3 is 2.83 bits per heavy atom. The number of rotatable bonds is 5. The minimum atomic E-state index is -1.01. The molecule has 0 radical (unpaired) electrons. The third-order valence-corrected chi connectivity index (χ3v) is 3.51. The Morgan fingerprint density at radius 1 is 1.33 bits per heavy atom. The molecule has 7 nitrogen and oxygen atoms in total. The van der Waals surface area contributed by atoms with Crippen molar-refractivity contribution in [3.05, 3.63) is 54.0 Å². The normalized spacial score (nSPS) is 10.4. The van der Waals surface area contributed by atoms with Crippen LogP contribution in [0.25, 0.3) is 11.3 Å². The molecule has 3 rings (SSSR count). The minimum absolute atomic E-state index is 0.113. The van der Waals surface area contributed by atoms with E-state index in [1.165, 1.54) is 0 Å². The summed E-state index contributed by atoms with van der Waals surface area (Å²) in [6.45, 7) is 1.87. The molecule has 0 amide bonds. The Balaban J connectivity index is 1.95. The summed E-state index contributed by atoms with van der Waals surface area (Å²) in [4.78, 5) is 22.5. The van der Waals surface area contributed by atoms with Crippen molar-refractivity contribution in [1.82, 2.24) is 15.0 Å². The molecule has 0 aliphatic carbocycles. The summed E-state index contributed by atoms with van der Waals surface area (Å²) < 4.78 is 5.30. The number of aromatic amines is 1. The van der Waals surface area contributed by atoms with Crippen LogP contribution in [0.1, 0.15) is 16.1 Å². The number of aromatic carboxylic acids is 1. The summed E-state index contributed by atoms with van der Waals surface area (Å²) in [5, 5.41) is 12.1. The summed E-state index contributed by atoms with van der Waals surface area (Å²) >= 11 is 0. The predicted molar refractivity (Wildman–Crippen MR) is 89.8 cm³/mol. The molecule has 0 saturated carbocycles. The lowest BCUT2D eigenvalue weighted by Crippen LogP contribution is -2.01. The van der Waals surface area contributed by atoms with E-state index in [0.717, 1.165) is 11.3 Å². The molecule has 0 fully saturated rings. The highest BCUT2D eigenvalue weighted by Crippen LogP contribution is 2.27. The van der Waals surface area contributed by atoms with Crippen molar-refractivity contribution in [3.8, 4) is 17.0 Å². The maximum Gasteiger partial charge on any atom is 0.352 e. The fourth-order valence-electron chi connectivity index (χ4n) is 2.32. The molecule has 0 aliphatic heterocycles. The van der Waals surface area contributed by atoms with Crippen molar-refractivity contribution in [1.29, 1.82) is 0 Å². The Bertz CT molecular complexity index is 889. The zero-order valence-electron chi connectivity index (χ0n) is 13.2. The molecule has 2 aromatic heterocycles. The van der Waals surface area contributed by atoms with E-state index in [1.807, 2.05) is 31.2 Å². The molecule has 1 aromatic carbocycles. The number of anilines is 2. The van der Waals surface area contributed by atoms with Gasteiger partial charge in [0.25, 0.3) is 0 Å². The standard InChI is InChI=1S/C17H16N4O3/c1-10-8-19-17(20-12-5-3-4-6-14(12)24-2)21-15(10)11-7-13(16(22)23)18-9-11/h3-9,18H,1-2H3,(H,22,23)(H,19,20,21). The summed E-state index contributed by atoms with van der Waals surface area (Å²) in [5.41, 5.74) is 3.05. The SMILES string of the molecule is COc1ccccc1Nc1ncc(C)c(-c2c[nH]c(C(=O)O)c2)n1. The first-order valence-electron chi connectivity index (χ1n) is 7.24. The quantitative estimate of drug-likeness (QED) is 0.666. The first-order valence-corrected chi connectivity index (χ1v) is 7.24. The lowest BCUT2D eigenvalue weighted by molar-refractivity contribution is 0.0691. The molecule has 7 heteroatoms. The van der Waals surface area contributed by atoms with Gasteiger partial charge >= 0.3 is 5.97 Å². The van der Waals surface area contributed by atoms with Crippen LogP contribution >= 0.6 is 0 Å². The van der Waals surface area contributed by atoms with Gasteiger partial charge in [-0.15, -0.1) is 0 Å². The highest BCUT2D eigenvalue weighted by atomic mass is 16.5. The summed E-state index contributed by atoms with van der Waals surface area (Å²) in [6.07, 6.45) is 3.30. The smallest absolute Gasteiger partial charge is 0.352 e. The van der Waals surface area contributed by atoms with E-state index in [9.17, 15) is 4.79 Å². The molecule has 0 aliphatic rings. The van der Waals surface area contributed by atoms with Crippen LogP contribution in [0, 0.1) is 6.92 Å². The molecule has 24 heavy (non-hydrogen) atoms. The van der Waals surface area contributed by atoms with E-state index < -0.39 is 5.97 Å². The van der Waals surface area contributed by atoms with Crippen LogP contribution in [0.2, 0.25) is 0 Å². The van der Waals surface area contributed by atoms with E-state index in [1.54, 1.807) is 25.6 Å². The number of benzene rings is 1. The molecular formula is C17H16N4O3. The van der Waals surface area contributed by atoms with Gasteiger partial charge in [0, 0.05) is 18.0 Å². The molecule has 3 aromatic rings. The molecule has 0 spiro atoms. The number of carboxylic acids is 1. The van der Waals surface area contributed by atoms with Crippen molar-refractivity contribution in [2.24, 2.45) is 0 Å². The molecule has 0 bridgehead atoms. The number of carbonyl (C=O) groups is 1. The van der Waals surface area contributed by atoms with Gasteiger partial charge in [0.2, 0.25) is 5.95 Å². The summed E-state index contributed by atoms with van der Waals surface area (Å²) in [7, 11) is 1.59. The molecular weight excluding hydrogens is 308 g/mol. The zero-order valence-corrected chi connectivity index (χ0v) is 13.2. The molecule has 3 N–H and O–H groups in total. The van der Waals surface area contributed by atoms with Crippen molar-refractivity contribution in [2.75, 3.05) is 12.4 Å². The third kappa shape index (κ3) is 3.05. The number of hydrogen-bond donors (Lipinski definition) is 3. The number of aromatic nitrogens is 3. The maximum absolute atomic E-state index is 11.0. The van der Waals surface area contributed by atoms with Gasteiger partial charge < -0.3 is 20.1 Å². The van der Waals surface area contributed by atoms with E-state index in [-0.39, 0.29) is 5.69 Å². The summed E-state index contributed by atoms with van der Waals surface area (Å²) in [6, 6.07) is 9.00. The average molecular weight is 324 g/mol. The fourth-order valence-corrected chi connectivity index (χ4v) is 2.32. The van der Waals surface area contributed by atoms with Crippen LogP contribution in [0.3, 0.4) is 0 Å². The van der Waals surface area contributed by atoms with Crippen molar-refractivity contribution in [3.63, 3.8) is 0 Å². The first kappa shape index (κ1) is 15.5. The van der Waals surface area contributed by atoms with Gasteiger partial charge in [-0.25, -0.2) is 14.8 Å². The van der Waals surface area contributed by atoms with Gasteiger partial charge in [0.15, 0.2) is 0 Å². The van der Waals surface area contributed by atoms with Crippen molar-refractivity contribution < 1.29 is 14.6 Å². The topological polar surface area (TPSA) is 100 Å². The van der Waals surface area contributed by atoms with Crippen LogP contribution < -0.4 is 10.1 Å². The minimum Gasteiger partial charge on any atom is -0.495 e. The van der Waals surface area contributed by atoms with Gasteiger partial charge in [0.1, 0.15) is 11.4 Å². The molecule has 0 atom stereocenters. The van der Waals surface area contributed by atoms with Gasteiger partial charge in [-0.2, -0.15) is 0 Å².